The molecule has 2 heterocycles. The van der Waals surface area contributed by atoms with Crippen molar-refractivity contribution in [2.75, 3.05) is 52.4 Å². The van der Waals surface area contributed by atoms with E-state index in [1.165, 1.54) is 12.0 Å². The summed E-state index contributed by atoms with van der Waals surface area (Å²) in [5, 5.41) is 3.06. The number of β-lactam (4-membered cyclic amide) rings is 1. The van der Waals surface area contributed by atoms with E-state index < -0.39 is 0 Å². The van der Waals surface area contributed by atoms with Crippen LogP contribution in [-0.4, -0.2) is 78.9 Å². The van der Waals surface area contributed by atoms with Gasteiger partial charge in [0.15, 0.2) is 0 Å². The van der Waals surface area contributed by atoms with Crippen LogP contribution in [0.2, 0.25) is 0 Å². The van der Waals surface area contributed by atoms with Gasteiger partial charge in [0, 0.05) is 32.7 Å². The second-order valence-electron chi connectivity index (χ2n) is 9.44. The number of hydrogen-bond acceptors (Lipinski definition) is 4. The summed E-state index contributed by atoms with van der Waals surface area (Å²) in [6.45, 7) is 9.74. The van der Waals surface area contributed by atoms with Crippen molar-refractivity contribution in [2.24, 2.45) is 5.41 Å². The highest BCUT2D eigenvalue weighted by Gasteiger charge is 2.60. The lowest BCUT2D eigenvalue weighted by atomic mass is 9.60. The monoisotopic (exact) mass is 426 g/mol. The zero-order valence-corrected chi connectivity index (χ0v) is 19.0. The Morgan fingerprint density at radius 1 is 1.03 bits per heavy atom. The average molecular weight is 427 g/mol. The highest BCUT2D eigenvalue weighted by Crippen LogP contribution is 2.57. The average Bonchev–Trinajstić information content (AvgIpc) is 2.83. The molecule has 4 rings (SSSR count). The number of nitrogens with one attached hydrogen (secondary N) is 1. The van der Waals surface area contributed by atoms with E-state index in [4.69, 9.17) is 0 Å². The molecule has 6 heteroatoms. The molecule has 0 bridgehead atoms. The Labute approximate surface area is 187 Å². The lowest BCUT2D eigenvalue weighted by Gasteiger charge is -2.58. The Morgan fingerprint density at radius 2 is 1.71 bits per heavy atom. The number of rotatable bonds is 8. The van der Waals surface area contributed by atoms with Gasteiger partial charge in [0.25, 0.3) is 0 Å². The van der Waals surface area contributed by atoms with Gasteiger partial charge in [0.2, 0.25) is 11.8 Å². The maximum Gasteiger partial charge on any atom is 0.239 e. The molecule has 1 N–H and O–H groups in total. The van der Waals surface area contributed by atoms with E-state index in [9.17, 15) is 9.59 Å². The first-order valence-electron chi connectivity index (χ1n) is 12.2. The van der Waals surface area contributed by atoms with Crippen molar-refractivity contribution in [3.63, 3.8) is 0 Å². The fourth-order valence-electron chi connectivity index (χ4n) is 5.79. The van der Waals surface area contributed by atoms with Gasteiger partial charge in [-0.3, -0.25) is 9.59 Å². The first-order valence-corrected chi connectivity index (χ1v) is 12.2. The van der Waals surface area contributed by atoms with Gasteiger partial charge in [-0.2, -0.15) is 0 Å². The molecule has 1 aliphatic carbocycles. The molecule has 1 aromatic carbocycles. The van der Waals surface area contributed by atoms with Gasteiger partial charge in [-0.1, -0.05) is 56.5 Å². The van der Waals surface area contributed by atoms with E-state index in [1.54, 1.807) is 0 Å². The zero-order valence-electron chi connectivity index (χ0n) is 19.0. The standard InChI is InChI=1S/C25H38N4O2/c1-2-27-16-18-28(19-17-27)15-9-14-26-22(30)20-29-23(21-10-5-3-6-11-21)25(24(29)31)12-7-4-8-13-25/h3,5-6,10-11,23H,2,4,7-9,12-20H2,1H3,(H,26,30). The molecule has 0 aromatic heterocycles. The molecule has 1 unspecified atom stereocenters. The Hall–Kier alpha value is -1.92. The van der Waals surface area contributed by atoms with Crippen LogP contribution in [0.4, 0.5) is 0 Å². The lowest BCUT2D eigenvalue weighted by molar-refractivity contribution is -0.180. The van der Waals surface area contributed by atoms with Gasteiger partial charge in [0.05, 0.1) is 11.5 Å². The number of carbonyl (C=O) groups is 2. The number of hydrogen-bond donors (Lipinski definition) is 1. The molecular weight excluding hydrogens is 388 g/mol. The fourth-order valence-corrected chi connectivity index (χ4v) is 5.79. The number of piperazine rings is 1. The molecule has 1 saturated carbocycles. The minimum Gasteiger partial charge on any atom is -0.355 e. The molecule has 6 nitrogen and oxygen atoms in total. The first-order chi connectivity index (χ1) is 15.1. The molecule has 2 amide bonds. The smallest absolute Gasteiger partial charge is 0.239 e. The van der Waals surface area contributed by atoms with Gasteiger partial charge in [-0.25, -0.2) is 0 Å². The van der Waals surface area contributed by atoms with Crippen LogP contribution < -0.4 is 5.32 Å². The van der Waals surface area contributed by atoms with Crippen LogP contribution in [0.3, 0.4) is 0 Å². The minimum absolute atomic E-state index is 0.0317. The van der Waals surface area contributed by atoms with Crippen molar-refractivity contribution in [1.82, 2.24) is 20.0 Å². The van der Waals surface area contributed by atoms with Crippen molar-refractivity contribution in [3.05, 3.63) is 35.9 Å². The summed E-state index contributed by atoms with van der Waals surface area (Å²) in [5.74, 6) is 0.153. The van der Waals surface area contributed by atoms with Gasteiger partial charge >= 0.3 is 0 Å². The maximum absolute atomic E-state index is 13.2. The van der Waals surface area contributed by atoms with E-state index in [0.29, 0.717) is 6.54 Å². The summed E-state index contributed by atoms with van der Waals surface area (Å²) in [6, 6.07) is 10.3. The highest BCUT2D eigenvalue weighted by molar-refractivity contribution is 5.94. The van der Waals surface area contributed by atoms with Crippen molar-refractivity contribution in [1.29, 1.82) is 0 Å². The van der Waals surface area contributed by atoms with Crippen molar-refractivity contribution in [2.45, 2.75) is 51.5 Å². The number of likely N-dealkylation sites (N-methyl/N-ethyl adjacent to an activating group) is 1. The van der Waals surface area contributed by atoms with E-state index in [1.807, 2.05) is 23.1 Å². The third-order valence-electron chi connectivity index (χ3n) is 7.58. The number of carbonyl (C=O) groups excluding carboxylic acids is 2. The minimum atomic E-state index is -0.277. The molecule has 2 saturated heterocycles. The van der Waals surface area contributed by atoms with E-state index in [0.717, 1.165) is 71.4 Å². The van der Waals surface area contributed by atoms with Crippen LogP contribution in [0, 0.1) is 5.41 Å². The second kappa shape index (κ2) is 10.1. The van der Waals surface area contributed by atoms with Gasteiger partial charge in [-0.15, -0.1) is 0 Å². The van der Waals surface area contributed by atoms with Crippen LogP contribution in [0.25, 0.3) is 0 Å². The highest BCUT2D eigenvalue weighted by atomic mass is 16.2. The normalized spacial score (nSPS) is 24.2. The fraction of sp³-hybridized carbons (Fsp3) is 0.680. The quantitative estimate of drug-likeness (QED) is 0.513. The molecule has 1 aromatic rings. The maximum atomic E-state index is 13.2. The third-order valence-corrected chi connectivity index (χ3v) is 7.58. The zero-order chi connectivity index (χ0) is 21.7. The largest absolute Gasteiger partial charge is 0.355 e. The van der Waals surface area contributed by atoms with Crippen molar-refractivity contribution >= 4 is 11.8 Å². The number of likely N-dealkylation sites (tertiary alicyclic amines) is 1. The predicted molar refractivity (Wildman–Crippen MR) is 123 cm³/mol. The van der Waals surface area contributed by atoms with Crippen LogP contribution >= 0.6 is 0 Å². The summed E-state index contributed by atoms with van der Waals surface area (Å²) >= 11 is 0. The Kier molecular flexibility index (Phi) is 7.28. The molecule has 1 atom stereocenters. The Bertz CT molecular complexity index is 739. The molecule has 170 valence electrons. The molecule has 3 aliphatic rings. The number of amides is 2. The van der Waals surface area contributed by atoms with Crippen molar-refractivity contribution < 1.29 is 9.59 Å². The summed E-state index contributed by atoms with van der Waals surface area (Å²) in [7, 11) is 0. The van der Waals surface area contributed by atoms with Crippen LogP contribution in [0.15, 0.2) is 30.3 Å². The third kappa shape index (κ3) is 4.80. The molecule has 2 aliphatic heterocycles. The molecule has 1 spiro atoms. The second-order valence-corrected chi connectivity index (χ2v) is 9.44. The van der Waals surface area contributed by atoms with Crippen LogP contribution in [0.1, 0.15) is 57.1 Å². The number of nitrogens with zero attached hydrogens (tertiary/aromatic N) is 3. The van der Waals surface area contributed by atoms with Gasteiger partial charge < -0.3 is 20.0 Å². The van der Waals surface area contributed by atoms with E-state index in [-0.39, 0.29) is 29.8 Å². The Balaban J connectivity index is 1.27. The molecule has 0 radical (unpaired) electrons. The summed E-state index contributed by atoms with van der Waals surface area (Å²) in [4.78, 5) is 32.6. The van der Waals surface area contributed by atoms with Gasteiger partial charge in [0.1, 0.15) is 6.54 Å². The molecule has 3 fully saturated rings. The summed E-state index contributed by atoms with van der Waals surface area (Å²) in [6.07, 6.45) is 6.30. The molecule has 31 heavy (non-hydrogen) atoms. The Morgan fingerprint density at radius 3 is 2.39 bits per heavy atom. The summed E-state index contributed by atoms with van der Waals surface area (Å²) in [5.41, 5.74) is 0.892. The topological polar surface area (TPSA) is 55.9 Å². The molecular formula is C25H38N4O2. The van der Waals surface area contributed by atoms with Crippen LogP contribution in [-0.2, 0) is 9.59 Å². The SMILES string of the molecule is CCN1CCN(CCCNC(=O)CN2C(=O)C3(CCCCC3)C2c2ccccc2)CC1. The van der Waals surface area contributed by atoms with Gasteiger partial charge in [-0.05, 0) is 37.9 Å². The number of benzene rings is 1. The van der Waals surface area contributed by atoms with Crippen LogP contribution in [0.5, 0.6) is 0 Å². The lowest BCUT2D eigenvalue weighted by Crippen LogP contribution is -2.65. The predicted octanol–water partition coefficient (Wildman–Crippen LogP) is 2.66. The van der Waals surface area contributed by atoms with Crippen molar-refractivity contribution in [3.8, 4) is 0 Å². The summed E-state index contributed by atoms with van der Waals surface area (Å²) < 4.78 is 0. The first kappa shape index (κ1) is 22.3. The van der Waals surface area contributed by atoms with E-state index in [2.05, 4.69) is 34.2 Å². The van der Waals surface area contributed by atoms with E-state index >= 15 is 0 Å².